The van der Waals surface area contributed by atoms with Crippen LogP contribution in [-0.2, 0) is 0 Å². The van der Waals surface area contributed by atoms with E-state index in [1.807, 2.05) is 0 Å². The molecular weight excluding hydrogens is 184 g/mol. The number of nitrogens with one attached hydrogen (secondary N) is 1. The Hall–Kier alpha value is -0.0800. The Morgan fingerprint density at radius 3 is 2.20 bits per heavy atom. The highest BCUT2D eigenvalue weighted by atomic mass is 15.1. The average Bonchev–Trinajstić information content (AvgIpc) is 2.11. The van der Waals surface area contributed by atoms with Crippen LogP contribution in [0.3, 0.4) is 0 Å². The summed E-state index contributed by atoms with van der Waals surface area (Å²) in [5.41, 5.74) is 0. The lowest BCUT2D eigenvalue weighted by molar-refractivity contribution is 0.382. The number of rotatable bonds is 9. The molecule has 0 spiro atoms. The van der Waals surface area contributed by atoms with Crippen LogP contribution in [0.4, 0.5) is 0 Å². The zero-order valence-electron chi connectivity index (χ0n) is 11.3. The standard InChI is InChI=1S/C13H30N2/c1-12(2)8-6-9-13(3)14-10-7-11-15(4)5/h12-14H,6-11H2,1-5H3. The molecule has 2 heteroatoms. The molecule has 0 fully saturated rings. The van der Waals surface area contributed by atoms with Crippen molar-refractivity contribution in [1.29, 1.82) is 0 Å². The molecule has 1 N–H and O–H groups in total. The van der Waals surface area contributed by atoms with E-state index >= 15 is 0 Å². The Kier molecular flexibility index (Phi) is 9.12. The highest BCUT2D eigenvalue weighted by molar-refractivity contribution is 4.61. The van der Waals surface area contributed by atoms with Gasteiger partial charge in [-0.3, -0.25) is 0 Å². The topological polar surface area (TPSA) is 15.3 Å². The molecule has 0 saturated carbocycles. The first-order valence-electron chi connectivity index (χ1n) is 6.40. The molecular formula is C13H30N2. The van der Waals surface area contributed by atoms with Crippen molar-refractivity contribution in [2.75, 3.05) is 27.2 Å². The maximum atomic E-state index is 3.59. The van der Waals surface area contributed by atoms with E-state index < -0.39 is 0 Å². The number of nitrogens with zero attached hydrogens (tertiary/aromatic N) is 1. The van der Waals surface area contributed by atoms with E-state index in [9.17, 15) is 0 Å². The van der Waals surface area contributed by atoms with Gasteiger partial charge in [0.05, 0.1) is 0 Å². The summed E-state index contributed by atoms with van der Waals surface area (Å²) >= 11 is 0. The van der Waals surface area contributed by atoms with Crippen LogP contribution in [0.5, 0.6) is 0 Å². The van der Waals surface area contributed by atoms with E-state index in [1.54, 1.807) is 0 Å². The summed E-state index contributed by atoms with van der Waals surface area (Å²) in [6, 6.07) is 0.686. The molecule has 15 heavy (non-hydrogen) atoms. The molecule has 0 heterocycles. The normalized spacial score (nSPS) is 13.8. The van der Waals surface area contributed by atoms with E-state index in [2.05, 4.69) is 45.1 Å². The smallest absolute Gasteiger partial charge is 0.00387 e. The van der Waals surface area contributed by atoms with Gasteiger partial charge in [-0.2, -0.15) is 0 Å². The predicted molar refractivity (Wildman–Crippen MR) is 69.3 cm³/mol. The minimum absolute atomic E-state index is 0.686. The van der Waals surface area contributed by atoms with Gasteiger partial charge in [0.2, 0.25) is 0 Å². The number of hydrogen-bond acceptors (Lipinski definition) is 2. The van der Waals surface area contributed by atoms with Gasteiger partial charge in [0.25, 0.3) is 0 Å². The van der Waals surface area contributed by atoms with Crippen molar-refractivity contribution in [3.05, 3.63) is 0 Å². The molecule has 92 valence electrons. The second kappa shape index (κ2) is 9.17. The van der Waals surface area contributed by atoms with Gasteiger partial charge < -0.3 is 10.2 Å². The summed E-state index contributed by atoms with van der Waals surface area (Å²) in [5.74, 6) is 0.853. The van der Waals surface area contributed by atoms with Crippen LogP contribution < -0.4 is 5.32 Å². The summed E-state index contributed by atoms with van der Waals surface area (Å²) in [4.78, 5) is 2.24. The van der Waals surface area contributed by atoms with Crippen LogP contribution in [0.2, 0.25) is 0 Å². The SMILES string of the molecule is CC(C)CCCC(C)NCCCN(C)C. The molecule has 0 amide bonds. The van der Waals surface area contributed by atoms with Crippen molar-refractivity contribution in [2.45, 2.75) is 52.5 Å². The van der Waals surface area contributed by atoms with Gasteiger partial charge in [-0.1, -0.05) is 26.7 Å². The molecule has 1 atom stereocenters. The lowest BCUT2D eigenvalue weighted by atomic mass is 10.0. The monoisotopic (exact) mass is 214 g/mol. The van der Waals surface area contributed by atoms with Crippen molar-refractivity contribution < 1.29 is 0 Å². The van der Waals surface area contributed by atoms with Crippen LogP contribution in [0.1, 0.15) is 46.5 Å². The minimum Gasteiger partial charge on any atom is -0.314 e. The van der Waals surface area contributed by atoms with E-state index in [4.69, 9.17) is 0 Å². The maximum Gasteiger partial charge on any atom is 0.00387 e. The molecule has 0 aliphatic heterocycles. The Morgan fingerprint density at radius 2 is 1.67 bits per heavy atom. The lowest BCUT2D eigenvalue weighted by Gasteiger charge is -2.15. The first-order valence-corrected chi connectivity index (χ1v) is 6.40. The molecule has 1 unspecified atom stereocenters. The molecule has 0 saturated heterocycles. The zero-order chi connectivity index (χ0) is 11.7. The second-order valence-corrected chi connectivity index (χ2v) is 5.34. The third-order valence-corrected chi connectivity index (χ3v) is 2.69. The van der Waals surface area contributed by atoms with E-state index in [0.717, 1.165) is 12.5 Å². The van der Waals surface area contributed by atoms with Gasteiger partial charge in [-0.15, -0.1) is 0 Å². The molecule has 0 aromatic rings. The van der Waals surface area contributed by atoms with Crippen molar-refractivity contribution in [1.82, 2.24) is 10.2 Å². The first kappa shape index (κ1) is 14.9. The zero-order valence-corrected chi connectivity index (χ0v) is 11.3. The third-order valence-electron chi connectivity index (χ3n) is 2.69. The fraction of sp³-hybridized carbons (Fsp3) is 1.00. The van der Waals surface area contributed by atoms with Crippen LogP contribution in [0.25, 0.3) is 0 Å². The summed E-state index contributed by atoms with van der Waals surface area (Å²) < 4.78 is 0. The Morgan fingerprint density at radius 1 is 1.00 bits per heavy atom. The fourth-order valence-corrected chi connectivity index (χ4v) is 1.68. The Bertz CT molecular complexity index is 132. The van der Waals surface area contributed by atoms with Gasteiger partial charge in [-0.05, 0) is 52.9 Å². The molecule has 0 aromatic carbocycles. The molecule has 0 bridgehead atoms. The molecule has 0 radical (unpaired) electrons. The maximum absolute atomic E-state index is 3.59. The lowest BCUT2D eigenvalue weighted by Crippen LogP contribution is -2.29. The largest absolute Gasteiger partial charge is 0.314 e. The van der Waals surface area contributed by atoms with Crippen molar-refractivity contribution in [2.24, 2.45) is 5.92 Å². The summed E-state index contributed by atoms with van der Waals surface area (Å²) in [6.45, 7) is 9.24. The van der Waals surface area contributed by atoms with Crippen LogP contribution in [0, 0.1) is 5.92 Å². The molecule has 0 rings (SSSR count). The second-order valence-electron chi connectivity index (χ2n) is 5.34. The Labute approximate surface area is 96.4 Å². The van der Waals surface area contributed by atoms with E-state index in [0.29, 0.717) is 6.04 Å². The Balaban J connectivity index is 3.22. The highest BCUT2D eigenvalue weighted by Gasteiger charge is 2.01. The van der Waals surface area contributed by atoms with Crippen LogP contribution >= 0.6 is 0 Å². The summed E-state index contributed by atoms with van der Waals surface area (Å²) in [6.07, 6.45) is 5.30. The molecule has 0 aliphatic carbocycles. The molecule has 0 aromatic heterocycles. The molecule has 0 aliphatic rings. The predicted octanol–water partition coefficient (Wildman–Crippen LogP) is 2.74. The van der Waals surface area contributed by atoms with Crippen molar-refractivity contribution in [3.63, 3.8) is 0 Å². The fourth-order valence-electron chi connectivity index (χ4n) is 1.68. The third kappa shape index (κ3) is 11.8. The average molecular weight is 214 g/mol. The van der Waals surface area contributed by atoms with Gasteiger partial charge in [0.15, 0.2) is 0 Å². The van der Waals surface area contributed by atoms with Gasteiger partial charge in [0.1, 0.15) is 0 Å². The van der Waals surface area contributed by atoms with E-state index in [1.165, 1.54) is 32.2 Å². The van der Waals surface area contributed by atoms with Gasteiger partial charge >= 0.3 is 0 Å². The van der Waals surface area contributed by atoms with Crippen molar-refractivity contribution >= 4 is 0 Å². The van der Waals surface area contributed by atoms with Gasteiger partial charge in [-0.25, -0.2) is 0 Å². The summed E-state index contributed by atoms with van der Waals surface area (Å²) in [5, 5.41) is 3.59. The highest BCUT2D eigenvalue weighted by Crippen LogP contribution is 2.07. The van der Waals surface area contributed by atoms with Crippen LogP contribution in [0.15, 0.2) is 0 Å². The van der Waals surface area contributed by atoms with E-state index in [-0.39, 0.29) is 0 Å². The number of hydrogen-bond donors (Lipinski definition) is 1. The summed E-state index contributed by atoms with van der Waals surface area (Å²) in [7, 11) is 4.26. The molecule has 2 nitrogen and oxygen atoms in total. The minimum atomic E-state index is 0.686. The van der Waals surface area contributed by atoms with Crippen molar-refractivity contribution in [3.8, 4) is 0 Å². The quantitative estimate of drug-likeness (QED) is 0.594. The van der Waals surface area contributed by atoms with Gasteiger partial charge in [0, 0.05) is 6.04 Å². The first-order chi connectivity index (χ1) is 7.02. The van der Waals surface area contributed by atoms with Crippen LogP contribution in [-0.4, -0.2) is 38.1 Å².